The number of alkyl halides is 6. The molecule has 2 aromatic carbocycles. The van der Waals surface area contributed by atoms with Crippen LogP contribution in [0, 0.1) is 5.82 Å². The fourth-order valence-electron chi connectivity index (χ4n) is 2.51. The number of nitrogens with zero attached hydrogens (tertiary/aromatic N) is 2. The number of aromatic nitrogens is 3. The first-order chi connectivity index (χ1) is 14.9. The van der Waals surface area contributed by atoms with Gasteiger partial charge in [-0.3, -0.25) is 4.98 Å². The third-order valence-corrected chi connectivity index (χ3v) is 5.75. The molecule has 13 heteroatoms. The Balaban J connectivity index is 1.70. The Kier molecular flexibility index (Phi) is 7.18. The molecule has 1 N–H and O–H groups in total. The first-order valence-corrected chi connectivity index (χ1v) is 10.6. The maximum absolute atomic E-state index is 13.5. The molecule has 1 aromatic heterocycles. The Morgan fingerprint density at radius 1 is 0.812 bits per heavy atom. The summed E-state index contributed by atoms with van der Waals surface area (Å²) in [5.74, 6) is -1.12. The zero-order valence-corrected chi connectivity index (χ0v) is 17.4. The molecule has 0 aliphatic rings. The zero-order valence-electron chi connectivity index (χ0n) is 15.7. The number of thioether (sulfide) groups is 2. The van der Waals surface area contributed by atoms with Gasteiger partial charge in [0.25, 0.3) is 0 Å². The lowest BCUT2D eigenvalue weighted by atomic mass is 10.1. The predicted octanol–water partition coefficient (Wildman–Crippen LogP) is 5.93. The topological polar surface area (TPSA) is 58.6 Å². The van der Waals surface area contributed by atoms with Crippen LogP contribution in [-0.4, -0.2) is 15.0 Å². The van der Waals surface area contributed by atoms with E-state index < -0.39 is 35.0 Å². The van der Waals surface area contributed by atoms with E-state index in [-0.39, 0.29) is 27.4 Å². The van der Waals surface area contributed by atoms with Gasteiger partial charge in [-0.15, -0.1) is 0 Å². The second-order valence-corrected chi connectivity index (χ2v) is 8.27. The van der Waals surface area contributed by atoms with Gasteiger partial charge in [0.05, 0.1) is 11.1 Å². The van der Waals surface area contributed by atoms with Crippen LogP contribution in [0.15, 0.2) is 57.6 Å². The number of halogens is 7. The van der Waals surface area contributed by atoms with E-state index in [0.29, 0.717) is 11.6 Å². The number of nitrogens with one attached hydrogen (secondary N) is 1. The van der Waals surface area contributed by atoms with Gasteiger partial charge in [0.1, 0.15) is 5.82 Å². The highest BCUT2D eigenvalue weighted by Crippen LogP contribution is 2.32. The predicted molar refractivity (Wildman–Crippen MR) is 105 cm³/mol. The highest BCUT2D eigenvalue weighted by Gasteiger charge is 2.31. The van der Waals surface area contributed by atoms with Crippen molar-refractivity contribution < 1.29 is 30.7 Å². The lowest BCUT2D eigenvalue weighted by molar-refractivity contribution is -0.138. The molecule has 0 aliphatic carbocycles. The third-order valence-electron chi connectivity index (χ3n) is 3.89. The molecule has 4 nitrogen and oxygen atoms in total. The van der Waals surface area contributed by atoms with Gasteiger partial charge in [0, 0.05) is 11.5 Å². The van der Waals surface area contributed by atoms with Gasteiger partial charge < -0.3 is 0 Å². The Bertz CT molecular complexity index is 1160. The number of H-pyrrole nitrogens is 1. The van der Waals surface area contributed by atoms with Crippen LogP contribution in [-0.2, 0) is 23.9 Å². The largest absolute Gasteiger partial charge is 0.416 e. The molecule has 0 radical (unpaired) electrons. The molecular formula is C19H12F7N3OS2. The molecule has 1 heterocycles. The van der Waals surface area contributed by atoms with Gasteiger partial charge >= 0.3 is 18.0 Å². The second-order valence-electron chi connectivity index (χ2n) is 6.36. The average Bonchev–Trinajstić information content (AvgIpc) is 2.69. The van der Waals surface area contributed by atoms with Crippen LogP contribution in [0.5, 0.6) is 0 Å². The molecule has 3 rings (SSSR count). The minimum atomic E-state index is -4.71. The summed E-state index contributed by atoms with van der Waals surface area (Å²) in [5.41, 5.74) is -2.37. The molecule has 0 fully saturated rings. The summed E-state index contributed by atoms with van der Waals surface area (Å²) in [6.45, 7) is 0. The van der Waals surface area contributed by atoms with Gasteiger partial charge in [0.15, 0.2) is 10.3 Å². The molecule has 0 aliphatic heterocycles. The van der Waals surface area contributed by atoms with E-state index in [1.807, 2.05) is 0 Å². The van der Waals surface area contributed by atoms with Crippen LogP contribution in [0.4, 0.5) is 30.7 Å². The van der Waals surface area contributed by atoms with Crippen molar-refractivity contribution in [2.75, 3.05) is 0 Å². The van der Waals surface area contributed by atoms with Crippen molar-refractivity contribution in [3.63, 3.8) is 0 Å². The quantitative estimate of drug-likeness (QED) is 0.340. The van der Waals surface area contributed by atoms with Gasteiger partial charge in [-0.05, 0) is 35.4 Å². The van der Waals surface area contributed by atoms with Crippen molar-refractivity contribution in [1.29, 1.82) is 0 Å². The highest BCUT2D eigenvalue weighted by molar-refractivity contribution is 7.99. The summed E-state index contributed by atoms with van der Waals surface area (Å²) in [4.78, 5) is 21.8. The van der Waals surface area contributed by atoms with Crippen molar-refractivity contribution in [2.24, 2.45) is 0 Å². The van der Waals surface area contributed by atoms with Crippen LogP contribution >= 0.6 is 23.5 Å². The molecule has 170 valence electrons. The van der Waals surface area contributed by atoms with E-state index in [0.717, 1.165) is 47.8 Å². The molecule has 0 saturated heterocycles. The first-order valence-electron chi connectivity index (χ1n) is 8.67. The standard InChI is InChI=1S/C19H12F7N3OS2/c20-14-6-11(5-13(7-14)19(24,25)26)9-32-17-28-15(30)27-16(29-17)31-8-10-2-1-3-12(4-10)18(21,22)23/h1-7H,8-9H2,(H,27,28,29,30). The van der Waals surface area contributed by atoms with Crippen LogP contribution in [0.3, 0.4) is 0 Å². The number of benzene rings is 2. The van der Waals surface area contributed by atoms with Crippen molar-refractivity contribution in [3.05, 3.63) is 81.0 Å². The summed E-state index contributed by atoms with van der Waals surface area (Å²) < 4.78 is 90.4. The van der Waals surface area contributed by atoms with Crippen molar-refractivity contribution in [1.82, 2.24) is 15.0 Å². The Labute approximate surface area is 184 Å². The highest BCUT2D eigenvalue weighted by atomic mass is 32.2. The molecule has 0 saturated carbocycles. The Morgan fingerprint density at radius 3 is 2.16 bits per heavy atom. The fraction of sp³-hybridized carbons (Fsp3) is 0.211. The van der Waals surface area contributed by atoms with E-state index >= 15 is 0 Å². The molecule has 3 aromatic rings. The number of rotatable bonds is 6. The monoisotopic (exact) mass is 495 g/mol. The number of aromatic amines is 1. The van der Waals surface area contributed by atoms with Gasteiger partial charge in [-0.2, -0.15) is 36.3 Å². The van der Waals surface area contributed by atoms with Crippen LogP contribution in [0.25, 0.3) is 0 Å². The number of hydrogen-bond donors (Lipinski definition) is 1. The van der Waals surface area contributed by atoms with Gasteiger partial charge in [0.2, 0.25) is 0 Å². The van der Waals surface area contributed by atoms with Gasteiger partial charge in [-0.1, -0.05) is 41.7 Å². The minimum Gasteiger partial charge on any atom is -0.285 e. The minimum absolute atomic E-state index is 0.0179. The summed E-state index contributed by atoms with van der Waals surface area (Å²) in [7, 11) is 0. The van der Waals surface area contributed by atoms with Gasteiger partial charge in [-0.25, -0.2) is 9.18 Å². The summed E-state index contributed by atoms with van der Waals surface area (Å²) in [6, 6.07) is 6.75. The SMILES string of the molecule is O=c1nc(SCc2cc(F)cc(C(F)(F)F)c2)nc(SCc2cccc(C(F)(F)F)c2)[nH]1. The van der Waals surface area contributed by atoms with Crippen LogP contribution in [0.1, 0.15) is 22.3 Å². The summed E-state index contributed by atoms with van der Waals surface area (Å²) >= 11 is 1.77. The van der Waals surface area contributed by atoms with E-state index in [1.54, 1.807) is 0 Å². The lowest BCUT2D eigenvalue weighted by Crippen LogP contribution is -2.14. The Hall–Kier alpha value is -2.54. The lowest BCUT2D eigenvalue weighted by Gasteiger charge is -2.09. The first kappa shape index (κ1) is 24.1. The number of hydrogen-bond acceptors (Lipinski definition) is 5. The normalized spacial score (nSPS) is 12.2. The van der Waals surface area contributed by atoms with Crippen molar-refractivity contribution >= 4 is 23.5 Å². The molecule has 0 spiro atoms. The third kappa shape index (κ3) is 6.73. The molecule has 0 atom stereocenters. The van der Waals surface area contributed by atoms with E-state index in [2.05, 4.69) is 15.0 Å². The molecule has 0 unspecified atom stereocenters. The maximum Gasteiger partial charge on any atom is 0.416 e. The molecular weight excluding hydrogens is 483 g/mol. The average molecular weight is 495 g/mol. The molecule has 32 heavy (non-hydrogen) atoms. The van der Waals surface area contributed by atoms with E-state index in [9.17, 15) is 35.5 Å². The van der Waals surface area contributed by atoms with E-state index in [4.69, 9.17) is 0 Å². The summed E-state index contributed by atoms with van der Waals surface area (Å²) in [5, 5.41) is -0.00162. The van der Waals surface area contributed by atoms with Crippen molar-refractivity contribution in [3.8, 4) is 0 Å². The van der Waals surface area contributed by atoms with E-state index in [1.165, 1.54) is 12.1 Å². The maximum atomic E-state index is 13.5. The van der Waals surface area contributed by atoms with Crippen LogP contribution in [0.2, 0.25) is 0 Å². The molecule has 0 bridgehead atoms. The van der Waals surface area contributed by atoms with Crippen LogP contribution < -0.4 is 5.69 Å². The van der Waals surface area contributed by atoms with Crippen molar-refractivity contribution in [2.45, 2.75) is 34.2 Å². The summed E-state index contributed by atoms with van der Waals surface area (Å²) in [6.07, 6.45) is -9.20. The second kappa shape index (κ2) is 9.53. The molecule has 0 amide bonds. The smallest absolute Gasteiger partial charge is 0.285 e. The zero-order chi connectivity index (χ0) is 23.5. The fourth-order valence-corrected chi connectivity index (χ4v) is 4.13. The Morgan fingerprint density at radius 2 is 1.47 bits per heavy atom.